The van der Waals surface area contributed by atoms with Crippen LogP contribution in [0.3, 0.4) is 0 Å². The van der Waals surface area contributed by atoms with Crippen molar-refractivity contribution in [2.24, 2.45) is 0 Å². The van der Waals surface area contributed by atoms with Crippen molar-refractivity contribution in [3.63, 3.8) is 0 Å². The van der Waals surface area contributed by atoms with Gasteiger partial charge in [0.1, 0.15) is 5.52 Å². The van der Waals surface area contributed by atoms with Crippen molar-refractivity contribution in [1.82, 2.24) is 9.88 Å². The molecule has 0 saturated carbocycles. The lowest BCUT2D eigenvalue weighted by molar-refractivity contribution is -0.394. The van der Waals surface area contributed by atoms with Crippen LogP contribution in [0.1, 0.15) is 24.2 Å². The zero-order valence-corrected chi connectivity index (χ0v) is 20.8. The van der Waals surface area contributed by atoms with E-state index in [1.807, 2.05) is 18.7 Å². The Morgan fingerprint density at radius 2 is 1.63 bits per heavy atom. The molecule has 14 heteroatoms. The molecule has 0 aliphatic heterocycles. The van der Waals surface area contributed by atoms with Crippen LogP contribution in [0.5, 0.6) is 0 Å². The molecule has 0 spiro atoms. The number of rotatable bonds is 10. The molecule has 0 aliphatic carbocycles. The Kier molecular flexibility index (Phi) is 7.77. The zero-order valence-electron chi connectivity index (χ0n) is 19.2. The predicted molar refractivity (Wildman–Crippen MR) is 132 cm³/mol. The molecule has 0 N–H and O–H groups in total. The first-order valence-electron chi connectivity index (χ1n) is 10.5. The van der Waals surface area contributed by atoms with Crippen molar-refractivity contribution in [2.45, 2.75) is 18.7 Å². The summed E-state index contributed by atoms with van der Waals surface area (Å²) in [6, 6.07) is 7.42. The quantitative estimate of drug-likeness (QED) is 0.287. The number of thiazole rings is 1. The van der Waals surface area contributed by atoms with Gasteiger partial charge in [0.15, 0.2) is 15.0 Å². The molecular formula is C21H23N5O7S2. The van der Waals surface area contributed by atoms with Gasteiger partial charge in [-0.3, -0.25) is 29.9 Å². The molecule has 0 unspecified atom stereocenters. The first kappa shape index (κ1) is 26.1. The molecular weight excluding hydrogens is 498 g/mol. The van der Waals surface area contributed by atoms with Crippen molar-refractivity contribution in [1.29, 1.82) is 0 Å². The molecule has 1 heterocycles. The Bertz CT molecular complexity index is 1370. The van der Waals surface area contributed by atoms with Crippen LogP contribution in [0.25, 0.3) is 10.2 Å². The molecule has 2 aromatic carbocycles. The van der Waals surface area contributed by atoms with E-state index < -0.39 is 37.0 Å². The number of para-hydroxylation sites is 1. The van der Waals surface area contributed by atoms with Crippen LogP contribution in [0.4, 0.5) is 16.5 Å². The van der Waals surface area contributed by atoms with E-state index in [-0.39, 0.29) is 27.7 Å². The monoisotopic (exact) mass is 521 g/mol. The summed E-state index contributed by atoms with van der Waals surface area (Å²) < 4.78 is 25.0. The predicted octanol–water partition coefficient (Wildman–Crippen LogP) is 3.50. The van der Waals surface area contributed by atoms with Gasteiger partial charge in [0, 0.05) is 31.5 Å². The number of likely N-dealkylation sites (N-methyl/N-ethyl adjacent to an activating group) is 1. The number of hydrogen-bond donors (Lipinski definition) is 0. The summed E-state index contributed by atoms with van der Waals surface area (Å²) in [4.78, 5) is 42.3. The molecule has 12 nitrogen and oxygen atoms in total. The zero-order chi connectivity index (χ0) is 25.9. The maximum atomic E-state index is 13.6. The van der Waals surface area contributed by atoms with E-state index in [1.54, 1.807) is 12.1 Å². The normalized spacial score (nSPS) is 11.7. The van der Waals surface area contributed by atoms with E-state index in [0.717, 1.165) is 35.8 Å². The van der Waals surface area contributed by atoms with E-state index in [9.17, 15) is 33.4 Å². The van der Waals surface area contributed by atoms with E-state index >= 15 is 0 Å². The third-order valence-electron chi connectivity index (χ3n) is 5.35. The maximum Gasteiger partial charge on any atom is 0.277 e. The van der Waals surface area contributed by atoms with Gasteiger partial charge in [0.05, 0.1) is 31.1 Å². The molecule has 0 radical (unpaired) electrons. The van der Waals surface area contributed by atoms with Crippen LogP contribution >= 0.6 is 11.3 Å². The molecule has 0 aliphatic rings. The summed E-state index contributed by atoms with van der Waals surface area (Å²) in [5, 5.41) is 22.8. The lowest BCUT2D eigenvalue weighted by Crippen LogP contribution is -2.39. The largest absolute Gasteiger partial charge is 0.302 e. The minimum Gasteiger partial charge on any atom is -0.302 e. The van der Waals surface area contributed by atoms with Gasteiger partial charge in [-0.05, 0) is 25.2 Å². The summed E-state index contributed by atoms with van der Waals surface area (Å²) in [6.07, 6.45) is 1.06. The van der Waals surface area contributed by atoms with Gasteiger partial charge in [0.2, 0.25) is 0 Å². The van der Waals surface area contributed by atoms with Crippen LogP contribution in [0, 0.1) is 20.2 Å². The average Bonchev–Trinajstić information content (AvgIpc) is 3.24. The number of non-ortho nitro benzene ring substituents is 2. The summed E-state index contributed by atoms with van der Waals surface area (Å²) in [5.41, 5.74) is -1.21. The van der Waals surface area contributed by atoms with Gasteiger partial charge in [0.25, 0.3) is 17.3 Å². The molecule has 0 bridgehead atoms. The maximum absolute atomic E-state index is 13.6. The second-order valence-corrected chi connectivity index (χ2v) is 10.6. The highest BCUT2D eigenvalue weighted by molar-refractivity contribution is 7.91. The van der Waals surface area contributed by atoms with Crippen molar-refractivity contribution < 1.29 is 23.1 Å². The second-order valence-electron chi connectivity index (χ2n) is 7.61. The molecule has 0 saturated heterocycles. The molecule has 186 valence electrons. The van der Waals surface area contributed by atoms with Gasteiger partial charge in [-0.2, -0.15) is 0 Å². The SMILES string of the molecule is CCN(CC)CCN(C(=O)c1cc([N+](=O)[O-])cc([N+](=O)[O-])c1)c1nc2c(S(C)(=O)=O)cccc2s1. The van der Waals surface area contributed by atoms with Crippen molar-refractivity contribution in [2.75, 3.05) is 37.3 Å². The average molecular weight is 522 g/mol. The number of carbonyl (C=O) groups excluding carboxylic acids is 1. The van der Waals surface area contributed by atoms with Crippen LogP contribution < -0.4 is 4.90 Å². The van der Waals surface area contributed by atoms with Crippen molar-refractivity contribution >= 4 is 53.8 Å². The number of carbonyl (C=O) groups is 1. The highest BCUT2D eigenvalue weighted by atomic mass is 32.2. The van der Waals surface area contributed by atoms with E-state index in [0.29, 0.717) is 24.3 Å². The second kappa shape index (κ2) is 10.4. The molecule has 0 fully saturated rings. The number of amides is 1. The minimum absolute atomic E-state index is 0.0135. The number of hydrogen-bond acceptors (Lipinski definition) is 10. The Balaban J connectivity index is 2.15. The van der Waals surface area contributed by atoms with Crippen molar-refractivity contribution in [3.8, 4) is 0 Å². The number of benzene rings is 2. The summed E-state index contributed by atoms with van der Waals surface area (Å²) >= 11 is 1.09. The number of fused-ring (bicyclic) bond motifs is 1. The summed E-state index contributed by atoms with van der Waals surface area (Å²) in [7, 11) is -3.60. The smallest absolute Gasteiger partial charge is 0.277 e. The number of sulfone groups is 1. The van der Waals surface area contributed by atoms with Crippen LogP contribution in [-0.4, -0.2) is 66.5 Å². The van der Waals surface area contributed by atoms with Gasteiger partial charge in [-0.25, -0.2) is 13.4 Å². The number of anilines is 1. The Morgan fingerprint density at radius 1 is 1.03 bits per heavy atom. The Morgan fingerprint density at radius 3 is 2.14 bits per heavy atom. The number of nitro benzene ring substituents is 2. The van der Waals surface area contributed by atoms with E-state index in [4.69, 9.17) is 0 Å². The lowest BCUT2D eigenvalue weighted by Gasteiger charge is -2.24. The standard InChI is InChI=1S/C21H23N5O7S2/c1-4-23(5-2)9-10-24(20(27)14-11-15(25(28)29)13-16(12-14)26(30)31)21-22-19-17(34-21)7-6-8-18(19)35(3,32)33/h6-8,11-13H,4-5,9-10H2,1-3H3. The molecule has 1 aromatic heterocycles. The van der Waals surface area contributed by atoms with Crippen molar-refractivity contribution in [3.05, 3.63) is 62.2 Å². The van der Waals surface area contributed by atoms with E-state index in [2.05, 4.69) is 4.98 Å². The molecule has 3 rings (SSSR count). The molecule has 0 atom stereocenters. The first-order chi connectivity index (χ1) is 16.5. The Hall–Kier alpha value is -3.49. The van der Waals surface area contributed by atoms with E-state index in [1.165, 1.54) is 11.0 Å². The fourth-order valence-electron chi connectivity index (χ4n) is 3.48. The van der Waals surface area contributed by atoms with Crippen LogP contribution in [0.15, 0.2) is 41.3 Å². The van der Waals surface area contributed by atoms with Gasteiger partial charge < -0.3 is 4.90 Å². The third kappa shape index (κ3) is 5.78. The minimum atomic E-state index is -3.60. The fraction of sp³-hybridized carbons (Fsp3) is 0.333. The number of aromatic nitrogens is 1. The highest BCUT2D eigenvalue weighted by Gasteiger charge is 2.27. The fourth-order valence-corrected chi connectivity index (χ4v) is 5.39. The number of nitro groups is 2. The highest BCUT2D eigenvalue weighted by Crippen LogP contribution is 2.34. The molecule has 1 amide bonds. The third-order valence-corrected chi connectivity index (χ3v) is 7.52. The lowest BCUT2D eigenvalue weighted by atomic mass is 10.1. The molecule has 35 heavy (non-hydrogen) atoms. The van der Waals surface area contributed by atoms with Gasteiger partial charge in [-0.1, -0.05) is 31.3 Å². The Labute approximate surface area is 205 Å². The number of nitrogens with zero attached hydrogens (tertiary/aromatic N) is 5. The topological polar surface area (TPSA) is 157 Å². The summed E-state index contributed by atoms with van der Waals surface area (Å²) in [6.45, 7) is 5.89. The van der Waals surface area contributed by atoms with Gasteiger partial charge in [-0.15, -0.1) is 0 Å². The van der Waals surface area contributed by atoms with Crippen LogP contribution in [-0.2, 0) is 9.84 Å². The summed E-state index contributed by atoms with van der Waals surface area (Å²) in [5.74, 6) is -0.719. The van der Waals surface area contributed by atoms with Crippen LogP contribution in [0.2, 0.25) is 0 Å². The first-order valence-corrected chi connectivity index (χ1v) is 13.2. The molecule has 3 aromatic rings. The van der Waals surface area contributed by atoms with Gasteiger partial charge >= 0.3 is 0 Å².